The number of aliphatic hydroxyl groups excluding tert-OH is 4. The van der Waals surface area contributed by atoms with Gasteiger partial charge in [-0.1, -0.05) is 0 Å². The van der Waals surface area contributed by atoms with E-state index in [1.165, 1.54) is 0 Å². The Balaban J connectivity index is 2.84. The lowest BCUT2D eigenvalue weighted by Crippen LogP contribution is -2.58. The number of hydrogen-bond acceptors (Lipinski definition) is 6. The smallest absolute Gasteiger partial charge is 0.186 e. The first-order chi connectivity index (χ1) is 6.97. The van der Waals surface area contributed by atoms with Crippen molar-refractivity contribution in [2.24, 2.45) is 16.5 Å². The molecule has 0 amide bonds. The quantitative estimate of drug-likeness (QED) is 0.205. The Labute approximate surface area is 85.8 Å². The zero-order valence-corrected chi connectivity index (χ0v) is 7.89. The predicted molar refractivity (Wildman–Crippen MR) is 49.6 cm³/mol. The number of ether oxygens (including phenoxy) is 1. The Hall–Kier alpha value is -0.930. The third kappa shape index (κ3) is 2.55. The highest BCUT2D eigenvalue weighted by Gasteiger charge is 2.43. The molecular weight excluding hydrogens is 206 g/mol. The van der Waals surface area contributed by atoms with Gasteiger partial charge >= 0.3 is 0 Å². The third-order valence-electron chi connectivity index (χ3n) is 2.17. The highest BCUT2D eigenvalue weighted by Crippen LogP contribution is 2.21. The summed E-state index contributed by atoms with van der Waals surface area (Å²) in [6.07, 6.45) is -5.43. The van der Waals surface area contributed by atoms with Gasteiger partial charge in [-0.25, -0.2) is 4.99 Å². The maximum Gasteiger partial charge on any atom is 0.186 e. The highest BCUT2D eigenvalue weighted by atomic mass is 16.6. The summed E-state index contributed by atoms with van der Waals surface area (Å²) >= 11 is 0. The first-order valence-corrected chi connectivity index (χ1v) is 4.36. The lowest BCUT2D eigenvalue weighted by atomic mass is 9.97. The second-order valence-electron chi connectivity index (χ2n) is 3.27. The number of aliphatic imine (C=N–C) groups is 1. The van der Waals surface area contributed by atoms with Crippen molar-refractivity contribution < 1.29 is 25.2 Å². The van der Waals surface area contributed by atoms with Gasteiger partial charge in [-0.15, -0.1) is 0 Å². The van der Waals surface area contributed by atoms with Crippen LogP contribution >= 0.6 is 0 Å². The molecule has 8 heteroatoms. The largest absolute Gasteiger partial charge is 0.394 e. The molecule has 1 heterocycles. The molecule has 0 aliphatic carbocycles. The minimum Gasteiger partial charge on any atom is -0.394 e. The average molecular weight is 221 g/mol. The number of nitrogens with zero attached hydrogens (tertiary/aromatic N) is 1. The van der Waals surface area contributed by atoms with E-state index >= 15 is 0 Å². The molecule has 1 rings (SSSR count). The Morgan fingerprint density at radius 1 is 1.20 bits per heavy atom. The van der Waals surface area contributed by atoms with Crippen LogP contribution in [0.15, 0.2) is 4.99 Å². The Bertz CT molecular complexity index is 243. The Kier molecular flexibility index (Phi) is 3.83. The molecule has 0 spiro atoms. The molecule has 8 nitrogen and oxygen atoms in total. The predicted octanol–water partition coefficient (Wildman–Crippen LogP) is -3.94. The molecule has 1 aliphatic heterocycles. The van der Waals surface area contributed by atoms with Crippen LogP contribution in [-0.4, -0.2) is 63.6 Å². The summed E-state index contributed by atoms with van der Waals surface area (Å²) in [7, 11) is 0. The summed E-state index contributed by atoms with van der Waals surface area (Å²) in [6.45, 7) is -0.484. The normalized spacial score (nSPS) is 41.2. The summed E-state index contributed by atoms with van der Waals surface area (Å²) in [5, 5.41) is 36.9. The zero-order valence-electron chi connectivity index (χ0n) is 7.89. The van der Waals surface area contributed by atoms with E-state index in [1.807, 2.05) is 0 Å². The van der Waals surface area contributed by atoms with Gasteiger partial charge in [0.25, 0.3) is 0 Å². The summed E-state index contributed by atoms with van der Waals surface area (Å²) in [6, 6.07) is -1.00. The molecular formula is C7H15N3O5. The summed E-state index contributed by atoms with van der Waals surface area (Å²) in [5.41, 5.74) is 10.2. The molecule has 1 aliphatic rings. The van der Waals surface area contributed by atoms with Crippen molar-refractivity contribution in [2.75, 3.05) is 6.61 Å². The molecule has 0 aromatic carbocycles. The topological polar surface area (TPSA) is 155 Å². The van der Waals surface area contributed by atoms with Crippen molar-refractivity contribution in [2.45, 2.75) is 30.6 Å². The fourth-order valence-corrected chi connectivity index (χ4v) is 1.41. The van der Waals surface area contributed by atoms with Crippen LogP contribution in [0.1, 0.15) is 0 Å². The molecule has 0 aromatic heterocycles. The van der Waals surface area contributed by atoms with Gasteiger partial charge in [-0.2, -0.15) is 0 Å². The summed E-state index contributed by atoms with van der Waals surface area (Å²) in [4.78, 5) is 3.62. The van der Waals surface area contributed by atoms with Gasteiger partial charge in [-0.3, -0.25) is 0 Å². The van der Waals surface area contributed by atoms with Gasteiger partial charge < -0.3 is 36.6 Å². The summed E-state index contributed by atoms with van der Waals surface area (Å²) in [5.74, 6) is -0.301. The van der Waals surface area contributed by atoms with Crippen LogP contribution in [0.5, 0.6) is 0 Å². The molecule has 1 saturated heterocycles. The molecule has 15 heavy (non-hydrogen) atoms. The third-order valence-corrected chi connectivity index (χ3v) is 2.17. The fraction of sp³-hybridized carbons (Fsp3) is 0.857. The average Bonchev–Trinajstić information content (AvgIpc) is 2.18. The van der Waals surface area contributed by atoms with E-state index < -0.39 is 37.3 Å². The summed E-state index contributed by atoms with van der Waals surface area (Å²) < 4.78 is 4.81. The van der Waals surface area contributed by atoms with Crippen molar-refractivity contribution in [3.05, 3.63) is 0 Å². The van der Waals surface area contributed by atoms with E-state index in [0.717, 1.165) is 0 Å². The van der Waals surface area contributed by atoms with E-state index in [2.05, 4.69) is 4.99 Å². The van der Waals surface area contributed by atoms with Crippen LogP contribution in [0.4, 0.5) is 0 Å². The molecule has 5 atom stereocenters. The van der Waals surface area contributed by atoms with E-state index in [0.29, 0.717) is 0 Å². The van der Waals surface area contributed by atoms with Crippen molar-refractivity contribution in [3.8, 4) is 0 Å². The first-order valence-electron chi connectivity index (χ1n) is 4.36. The second-order valence-corrected chi connectivity index (χ2v) is 3.27. The molecule has 2 unspecified atom stereocenters. The maximum absolute atomic E-state index is 9.54. The number of rotatable bonds is 2. The minimum atomic E-state index is -1.57. The van der Waals surface area contributed by atoms with Gasteiger partial charge in [-0.05, 0) is 0 Å². The zero-order chi connectivity index (χ0) is 11.6. The van der Waals surface area contributed by atoms with E-state index in [9.17, 15) is 10.2 Å². The molecule has 1 fully saturated rings. The first kappa shape index (κ1) is 12.1. The van der Waals surface area contributed by atoms with Gasteiger partial charge in [0.05, 0.1) is 6.61 Å². The van der Waals surface area contributed by atoms with E-state index in [4.69, 9.17) is 26.4 Å². The van der Waals surface area contributed by atoms with Crippen molar-refractivity contribution in [1.29, 1.82) is 0 Å². The number of guanidine groups is 1. The standard InChI is InChI=1S/C7H15N3O5/c8-7(9)10-3-2(1-11)15-6(14)5(13)4(3)12/h2-6,11-14H,1H2,(H4,8,9,10)/t2?,3-,4+,5?,6+/m1/s1. The van der Waals surface area contributed by atoms with Gasteiger partial charge in [0.1, 0.15) is 24.4 Å². The van der Waals surface area contributed by atoms with Gasteiger partial charge in [0.15, 0.2) is 12.2 Å². The van der Waals surface area contributed by atoms with Gasteiger partial charge in [0.2, 0.25) is 0 Å². The van der Waals surface area contributed by atoms with Crippen LogP contribution in [0.3, 0.4) is 0 Å². The molecule has 0 saturated carbocycles. The Morgan fingerprint density at radius 2 is 1.80 bits per heavy atom. The van der Waals surface area contributed by atoms with E-state index in [-0.39, 0.29) is 5.96 Å². The van der Waals surface area contributed by atoms with Crippen LogP contribution in [0.2, 0.25) is 0 Å². The van der Waals surface area contributed by atoms with Crippen LogP contribution in [-0.2, 0) is 4.74 Å². The van der Waals surface area contributed by atoms with Crippen molar-refractivity contribution in [3.63, 3.8) is 0 Å². The minimum absolute atomic E-state index is 0.301. The lowest BCUT2D eigenvalue weighted by molar-refractivity contribution is -0.258. The van der Waals surface area contributed by atoms with Crippen LogP contribution in [0, 0.1) is 0 Å². The monoisotopic (exact) mass is 221 g/mol. The lowest BCUT2D eigenvalue weighted by Gasteiger charge is -2.38. The Morgan fingerprint density at radius 3 is 2.27 bits per heavy atom. The number of hydrogen-bond donors (Lipinski definition) is 6. The second kappa shape index (κ2) is 4.73. The molecule has 8 N–H and O–H groups in total. The molecule has 0 aromatic rings. The molecule has 88 valence electrons. The van der Waals surface area contributed by atoms with Crippen LogP contribution < -0.4 is 11.5 Å². The van der Waals surface area contributed by atoms with Crippen LogP contribution in [0.25, 0.3) is 0 Å². The SMILES string of the molecule is NC(N)=N[C@@H]1C(CO)O[C@H](O)C(O)[C@H]1O. The van der Waals surface area contributed by atoms with Crippen molar-refractivity contribution >= 4 is 5.96 Å². The van der Waals surface area contributed by atoms with Gasteiger partial charge in [0, 0.05) is 0 Å². The van der Waals surface area contributed by atoms with E-state index in [1.54, 1.807) is 0 Å². The molecule has 0 bridgehead atoms. The maximum atomic E-state index is 9.54. The van der Waals surface area contributed by atoms with Crippen molar-refractivity contribution in [1.82, 2.24) is 0 Å². The fourth-order valence-electron chi connectivity index (χ4n) is 1.41. The number of nitrogens with two attached hydrogens (primary N) is 2. The molecule has 0 radical (unpaired) electrons. The number of aliphatic hydroxyl groups is 4. The highest BCUT2D eigenvalue weighted by molar-refractivity contribution is 5.76.